The molecule has 0 aromatic heterocycles. The van der Waals surface area contributed by atoms with Gasteiger partial charge in [0.05, 0.1) is 17.6 Å². The lowest BCUT2D eigenvalue weighted by atomic mass is 10.0. The van der Waals surface area contributed by atoms with Gasteiger partial charge in [-0.15, -0.1) is 0 Å². The molecule has 1 aliphatic rings. The van der Waals surface area contributed by atoms with Gasteiger partial charge >= 0.3 is 0 Å². The van der Waals surface area contributed by atoms with Gasteiger partial charge in [-0.1, -0.05) is 25.6 Å². The van der Waals surface area contributed by atoms with Crippen LogP contribution in [0.15, 0.2) is 27.7 Å². The number of benzene rings is 1. The zero-order valence-corrected chi connectivity index (χ0v) is 13.8. The quantitative estimate of drug-likeness (QED) is 0.884. The first-order valence-corrected chi connectivity index (χ1v) is 8.19. The molecule has 0 aliphatic carbocycles. The van der Waals surface area contributed by atoms with E-state index in [9.17, 15) is 0 Å². The summed E-state index contributed by atoms with van der Waals surface area (Å²) in [6, 6.07) is 6.41. The van der Waals surface area contributed by atoms with Crippen LogP contribution in [-0.4, -0.2) is 24.1 Å². The van der Waals surface area contributed by atoms with Crippen molar-refractivity contribution in [1.29, 1.82) is 0 Å². The molecule has 1 aromatic rings. The Bertz CT molecular complexity index is 477. The third kappa shape index (κ3) is 3.89. The molecule has 1 unspecified atom stereocenters. The fourth-order valence-electron chi connectivity index (χ4n) is 1.94. The summed E-state index contributed by atoms with van der Waals surface area (Å²) in [5.74, 6) is 2.55. The largest absolute Gasteiger partial charge is 0.495 e. The van der Waals surface area contributed by atoms with Crippen LogP contribution in [0.1, 0.15) is 20.3 Å². The Morgan fingerprint density at radius 1 is 1.47 bits per heavy atom. The van der Waals surface area contributed by atoms with Crippen LogP contribution in [0.5, 0.6) is 5.75 Å². The maximum absolute atomic E-state index is 5.30. The minimum atomic E-state index is 0.432. The van der Waals surface area contributed by atoms with Crippen LogP contribution >= 0.6 is 27.7 Å². The van der Waals surface area contributed by atoms with Crippen LogP contribution in [0.4, 0.5) is 5.69 Å². The molecule has 1 atom stereocenters. The normalized spacial score (nSPS) is 19.2. The molecule has 0 saturated heterocycles. The van der Waals surface area contributed by atoms with Crippen molar-refractivity contribution >= 4 is 38.5 Å². The number of hydrogen-bond acceptors (Lipinski definition) is 4. The minimum absolute atomic E-state index is 0.432. The van der Waals surface area contributed by atoms with Crippen molar-refractivity contribution in [2.24, 2.45) is 10.9 Å². The van der Waals surface area contributed by atoms with E-state index in [4.69, 9.17) is 9.73 Å². The Balaban J connectivity index is 2.12. The topological polar surface area (TPSA) is 33.6 Å². The minimum Gasteiger partial charge on any atom is -0.495 e. The number of aliphatic imine (C=N–C) groups is 1. The molecule has 1 N–H and O–H groups in total. The molecule has 1 heterocycles. The van der Waals surface area contributed by atoms with E-state index in [1.165, 1.54) is 0 Å². The van der Waals surface area contributed by atoms with E-state index in [0.29, 0.717) is 12.0 Å². The second-order valence-electron chi connectivity index (χ2n) is 4.86. The summed E-state index contributed by atoms with van der Waals surface area (Å²) >= 11 is 5.24. The van der Waals surface area contributed by atoms with Gasteiger partial charge in [0.1, 0.15) is 5.75 Å². The summed E-state index contributed by atoms with van der Waals surface area (Å²) < 4.78 is 6.26. The molecule has 0 radical (unpaired) electrons. The summed E-state index contributed by atoms with van der Waals surface area (Å²) in [5.41, 5.74) is 1.01. The third-order valence-corrected chi connectivity index (χ3v) is 4.68. The van der Waals surface area contributed by atoms with Gasteiger partial charge in [0.15, 0.2) is 5.17 Å². The van der Waals surface area contributed by atoms with Crippen molar-refractivity contribution in [2.75, 3.05) is 18.2 Å². The van der Waals surface area contributed by atoms with E-state index in [1.807, 2.05) is 18.2 Å². The highest BCUT2D eigenvalue weighted by Crippen LogP contribution is 2.29. The van der Waals surface area contributed by atoms with Crippen molar-refractivity contribution in [3.05, 3.63) is 22.7 Å². The lowest BCUT2D eigenvalue weighted by Crippen LogP contribution is -2.23. The van der Waals surface area contributed by atoms with Gasteiger partial charge in [0.25, 0.3) is 0 Å². The number of nitrogens with zero attached hydrogens (tertiary/aromatic N) is 1. The predicted octanol–water partition coefficient (Wildman–Crippen LogP) is 4.39. The molecule has 104 valence electrons. The highest BCUT2D eigenvalue weighted by atomic mass is 79.9. The Morgan fingerprint density at radius 3 is 2.95 bits per heavy atom. The molecule has 19 heavy (non-hydrogen) atoms. The molecule has 1 aromatic carbocycles. The van der Waals surface area contributed by atoms with Crippen LogP contribution < -0.4 is 10.1 Å². The van der Waals surface area contributed by atoms with E-state index in [1.54, 1.807) is 18.9 Å². The number of hydrogen-bond donors (Lipinski definition) is 1. The van der Waals surface area contributed by atoms with E-state index >= 15 is 0 Å². The van der Waals surface area contributed by atoms with E-state index in [0.717, 1.165) is 33.3 Å². The van der Waals surface area contributed by atoms with Crippen LogP contribution in [-0.2, 0) is 0 Å². The Morgan fingerprint density at radius 2 is 2.26 bits per heavy atom. The number of ether oxygens (including phenoxy) is 1. The summed E-state index contributed by atoms with van der Waals surface area (Å²) in [6.45, 7) is 4.45. The molecule has 0 spiro atoms. The van der Waals surface area contributed by atoms with Gasteiger partial charge in [0, 0.05) is 17.5 Å². The third-order valence-electron chi connectivity index (χ3n) is 3.11. The first-order chi connectivity index (χ1) is 9.10. The number of nitrogens with one attached hydrogen (secondary N) is 1. The average molecular weight is 343 g/mol. The van der Waals surface area contributed by atoms with Crippen molar-refractivity contribution in [3.63, 3.8) is 0 Å². The highest BCUT2D eigenvalue weighted by Gasteiger charge is 2.18. The van der Waals surface area contributed by atoms with Gasteiger partial charge in [-0.2, -0.15) is 0 Å². The number of halogens is 1. The van der Waals surface area contributed by atoms with Gasteiger partial charge in [-0.25, -0.2) is 0 Å². The molecule has 2 rings (SSSR count). The summed E-state index contributed by atoms with van der Waals surface area (Å²) in [7, 11) is 1.67. The molecule has 0 fully saturated rings. The van der Waals surface area contributed by atoms with Gasteiger partial charge in [0.2, 0.25) is 0 Å². The summed E-state index contributed by atoms with van der Waals surface area (Å²) in [5, 5.41) is 4.39. The molecular weight excluding hydrogens is 324 g/mol. The first kappa shape index (κ1) is 14.7. The van der Waals surface area contributed by atoms with Gasteiger partial charge in [-0.3, -0.25) is 4.99 Å². The second-order valence-corrected chi connectivity index (χ2v) is 6.80. The fraction of sp³-hybridized carbons (Fsp3) is 0.500. The Hall–Kier alpha value is -0.680. The molecule has 3 nitrogen and oxygen atoms in total. The number of thioether (sulfide) groups is 1. The zero-order valence-electron chi connectivity index (χ0n) is 11.4. The van der Waals surface area contributed by atoms with E-state index < -0.39 is 0 Å². The Labute approximate surface area is 127 Å². The smallest absolute Gasteiger partial charge is 0.161 e. The van der Waals surface area contributed by atoms with Crippen LogP contribution in [0.3, 0.4) is 0 Å². The van der Waals surface area contributed by atoms with Crippen molar-refractivity contribution < 1.29 is 4.74 Å². The molecule has 0 bridgehead atoms. The van der Waals surface area contributed by atoms with E-state index in [-0.39, 0.29) is 0 Å². The molecule has 5 heteroatoms. The zero-order chi connectivity index (χ0) is 13.8. The number of amidine groups is 1. The monoisotopic (exact) mass is 342 g/mol. The summed E-state index contributed by atoms with van der Waals surface area (Å²) in [4.78, 5) is 4.77. The standard InChI is InChI=1S/C14H19BrN2OS/c1-9(2)12-6-7-19-14(17-12)16-10-4-5-11(15)13(8-10)18-3/h4-5,8-9,12H,6-7H2,1-3H3,(H,16,17). The lowest BCUT2D eigenvalue weighted by Gasteiger charge is -2.23. The van der Waals surface area contributed by atoms with Gasteiger partial charge < -0.3 is 10.1 Å². The predicted molar refractivity (Wildman–Crippen MR) is 87.5 cm³/mol. The van der Waals surface area contributed by atoms with Crippen LogP contribution in [0.2, 0.25) is 0 Å². The fourth-order valence-corrected chi connectivity index (χ4v) is 3.30. The van der Waals surface area contributed by atoms with Crippen molar-refractivity contribution in [3.8, 4) is 5.75 Å². The highest BCUT2D eigenvalue weighted by molar-refractivity contribution is 9.10. The lowest BCUT2D eigenvalue weighted by molar-refractivity contribution is 0.412. The maximum atomic E-state index is 5.30. The average Bonchev–Trinajstić information content (AvgIpc) is 2.41. The SMILES string of the molecule is COc1cc(NC2=NC(C(C)C)CCS2)ccc1Br. The van der Waals surface area contributed by atoms with E-state index in [2.05, 4.69) is 35.1 Å². The molecular formula is C14H19BrN2OS. The Kier molecular flexibility index (Phi) is 5.16. The van der Waals surface area contributed by atoms with Crippen molar-refractivity contribution in [2.45, 2.75) is 26.3 Å². The first-order valence-electron chi connectivity index (χ1n) is 6.41. The number of methoxy groups -OCH3 is 1. The summed E-state index contributed by atoms with van der Waals surface area (Å²) in [6.07, 6.45) is 1.16. The van der Waals surface area contributed by atoms with Crippen molar-refractivity contribution in [1.82, 2.24) is 0 Å². The second kappa shape index (κ2) is 6.66. The molecule has 0 saturated carbocycles. The number of anilines is 1. The molecule has 0 amide bonds. The van der Waals surface area contributed by atoms with Crippen LogP contribution in [0, 0.1) is 5.92 Å². The van der Waals surface area contributed by atoms with Gasteiger partial charge in [-0.05, 0) is 40.4 Å². The molecule has 1 aliphatic heterocycles. The number of rotatable bonds is 3. The maximum Gasteiger partial charge on any atom is 0.161 e. The van der Waals surface area contributed by atoms with Crippen LogP contribution in [0.25, 0.3) is 0 Å².